The van der Waals surface area contributed by atoms with Gasteiger partial charge < -0.3 is 15.4 Å². The molecule has 1 aliphatic carbocycles. The SMILES string of the molecule is CCOC(=O)c1sc(N)c(C#N)c1C[NH+]1CC[C@@H]2CCCC[C@@H]2C1. The van der Waals surface area contributed by atoms with Crippen molar-refractivity contribution in [3.63, 3.8) is 0 Å². The number of likely N-dealkylation sites (tertiary alicyclic amines) is 1. The van der Waals surface area contributed by atoms with Crippen LogP contribution in [-0.4, -0.2) is 25.7 Å². The van der Waals surface area contributed by atoms with Crippen molar-refractivity contribution in [2.75, 3.05) is 25.4 Å². The molecule has 0 aromatic carbocycles. The van der Waals surface area contributed by atoms with Crippen molar-refractivity contribution in [3.05, 3.63) is 16.0 Å². The van der Waals surface area contributed by atoms with E-state index in [1.54, 1.807) is 6.92 Å². The number of carbonyl (C=O) groups is 1. The van der Waals surface area contributed by atoms with E-state index in [4.69, 9.17) is 10.5 Å². The second kappa shape index (κ2) is 7.54. The molecule has 1 saturated heterocycles. The Balaban J connectivity index is 1.79. The van der Waals surface area contributed by atoms with Gasteiger partial charge in [0.05, 0.1) is 30.8 Å². The van der Waals surface area contributed by atoms with Crippen LogP contribution in [0.4, 0.5) is 5.00 Å². The zero-order valence-corrected chi connectivity index (χ0v) is 15.1. The molecule has 5 nitrogen and oxygen atoms in total. The Morgan fingerprint density at radius 2 is 2.12 bits per heavy atom. The van der Waals surface area contributed by atoms with Gasteiger partial charge in [0.15, 0.2) is 0 Å². The summed E-state index contributed by atoms with van der Waals surface area (Å²) in [7, 11) is 0. The van der Waals surface area contributed by atoms with Crippen molar-refractivity contribution in [2.24, 2.45) is 11.8 Å². The minimum absolute atomic E-state index is 0.332. The number of rotatable bonds is 4. The van der Waals surface area contributed by atoms with Crippen molar-refractivity contribution in [2.45, 2.75) is 45.6 Å². The Kier molecular flexibility index (Phi) is 5.42. The highest BCUT2D eigenvalue weighted by atomic mass is 32.1. The molecule has 3 rings (SSSR count). The number of nitrogens with two attached hydrogens (primary N) is 1. The van der Waals surface area contributed by atoms with Crippen LogP contribution in [0, 0.1) is 23.2 Å². The van der Waals surface area contributed by atoms with Crippen LogP contribution in [0.5, 0.6) is 0 Å². The number of anilines is 1. The van der Waals surface area contributed by atoms with E-state index in [9.17, 15) is 10.1 Å². The van der Waals surface area contributed by atoms with E-state index in [0.717, 1.165) is 30.5 Å². The summed E-state index contributed by atoms with van der Waals surface area (Å²) in [5.74, 6) is 1.34. The first-order valence-electron chi connectivity index (χ1n) is 8.96. The van der Waals surface area contributed by atoms with E-state index in [0.29, 0.717) is 28.6 Å². The second-order valence-corrected chi connectivity index (χ2v) is 8.01. The molecule has 130 valence electrons. The number of nitrogens with one attached hydrogen (secondary N) is 1. The van der Waals surface area contributed by atoms with E-state index in [-0.39, 0.29) is 5.97 Å². The van der Waals surface area contributed by atoms with Crippen LogP contribution in [0.2, 0.25) is 0 Å². The number of nitrogens with zero attached hydrogens (tertiary/aromatic N) is 1. The number of thiophene rings is 1. The van der Waals surface area contributed by atoms with Crippen molar-refractivity contribution >= 4 is 22.3 Å². The molecule has 24 heavy (non-hydrogen) atoms. The summed E-state index contributed by atoms with van der Waals surface area (Å²) >= 11 is 1.19. The van der Waals surface area contributed by atoms with Gasteiger partial charge in [0.2, 0.25) is 0 Å². The number of hydrogen-bond donors (Lipinski definition) is 2. The molecule has 0 radical (unpaired) electrons. The summed E-state index contributed by atoms with van der Waals surface area (Å²) in [4.78, 5) is 14.2. The number of fused-ring (bicyclic) bond motifs is 1. The van der Waals surface area contributed by atoms with Crippen LogP contribution in [0.15, 0.2) is 0 Å². The van der Waals surface area contributed by atoms with E-state index in [1.807, 2.05) is 0 Å². The van der Waals surface area contributed by atoms with Gasteiger partial charge >= 0.3 is 5.97 Å². The van der Waals surface area contributed by atoms with E-state index in [1.165, 1.54) is 48.3 Å². The Bertz CT molecular complexity index is 649. The number of quaternary nitrogens is 1. The van der Waals surface area contributed by atoms with Gasteiger partial charge in [-0.15, -0.1) is 11.3 Å². The molecule has 2 fully saturated rings. The third-order valence-electron chi connectivity index (χ3n) is 5.52. The molecule has 6 heteroatoms. The molecule has 1 aliphatic heterocycles. The first kappa shape index (κ1) is 17.2. The standard InChI is InChI=1S/C18H25N3O2S/c1-2-23-18(22)16-15(14(9-19)17(20)24-16)11-21-8-7-12-5-3-4-6-13(12)10-21/h12-13H,2-8,10-11,20H2,1H3/p+1/t12-,13+/m0/s1. The Labute approximate surface area is 147 Å². The number of hydrogen-bond acceptors (Lipinski definition) is 5. The molecule has 0 bridgehead atoms. The van der Waals surface area contributed by atoms with Crippen molar-refractivity contribution in [1.29, 1.82) is 5.26 Å². The van der Waals surface area contributed by atoms with Gasteiger partial charge in [-0.05, 0) is 32.1 Å². The zero-order valence-electron chi connectivity index (χ0n) is 14.3. The smallest absolute Gasteiger partial charge is 0.348 e. The fourth-order valence-corrected chi connectivity index (χ4v) is 5.27. The van der Waals surface area contributed by atoms with Crippen molar-refractivity contribution in [3.8, 4) is 6.07 Å². The predicted octanol–water partition coefficient (Wildman–Crippen LogP) is 1.97. The van der Waals surface area contributed by atoms with Gasteiger partial charge in [-0.3, -0.25) is 0 Å². The lowest BCUT2D eigenvalue weighted by Crippen LogP contribution is -3.12. The number of nitrogen functional groups attached to an aromatic ring is 1. The number of nitriles is 1. The van der Waals surface area contributed by atoms with Crippen LogP contribution in [-0.2, 0) is 11.3 Å². The molecule has 2 aliphatic rings. The molecule has 3 atom stereocenters. The molecule has 0 amide bonds. The highest BCUT2D eigenvalue weighted by molar-refractivity contribution is 7.18. The maximum Gasteiger partial charge on any atom is 0.348 e. The molecule has 2 heterocycles. The summed E-state index contributed by atoms with van der Waals surface area (Å²) in [5, 5.41) is 9.89. The fourth-order valence-electron chi connectivity index (χ4n) is 4.34. The fraction of sp³-hybridized carbons (Fsp3) is 0.667. The van der Waals surface area contributed by atoms with Crippen LogP contribution in [0.25, 0.3) is 0 Å². The molecular weight excluding hydrogens is 322 g/mol. The Hall–Kier alpha value is -1.58. The average Bonchev–Trinajstić information content (AvgIpc) is 2.90. The van der Waals surface area contributed by atoms with Gasteiger partial charge in [-0.25, -0.2) is 4.79 Å². The predicted molar refractivity (Wildman–Crippen MR) is 93.9 cm³/mol. The van der Waals surface area contributed by atoms with Gasteiger partial charge in [0, 0.05) is 5.92 Å². The molecule has 1 saturated carbocycles. The third-order valence-corrected chi connectivity index (χ3v) is 6.56. The highest BCUT2D eigenvalue weighted by Gasteiger charge is 2.35. The zero-order chi connectivity index (χ0) is 17.1. The Morgan fingerprint density at radius 1 is 1.38 bits per heavy atom. The minimum Gasteiger partial charge on any atom is -0.462 e. The van der Waals surface area contributed by atoms with Gasteiger partial charge in [0.1, 0.15) is 22.5 Å². The molecule has 3 N–H and O–H groups in total. The summed E-state index contributed by atoms with van der Waals surface area (Å²) in [6.45, 7) is 5.09. The summed E-state index contributed by atoms with van der Waals surface area (Å²) in [6, 6.07) is 2.19. The van der Waals surface area contributed by atoms with Gasteiger partial charge in [-0.1, -0.05) is 12.8 Å². The number of piperidine rings is 1. The minimum atomic E-state index is -0.349. The molecule has 1 unspecified atom stereocenters. The van der Waals surface area contributed by atoms with Gasteiger partial charge in [-0.2, -0.15) is 5.26 Å². The first-order chi connectivity index (χ1) is 11.6. The van der Waals surface area contributed by atoms with E-state index in [2.05, 4.69) is 6.07 Å². The van der Waals surface area contributed by atoms with Gasteiger partial charge in [0.25, 0.3) is 0 Å². The molecule has 1 aromatic rings. The largest absolute Gasteiger partial charge is 0.462 e. The lowest BCUT2D eigenvalue weighted by atomic mass is 9.75. The first-order valence-corrected chi connectivity index (χ1v) is 9.77. The Morgan fingerprint density at radius 3 is 2.83 bits per heavy atom. The van der Waals surface area contributed by atoms with Crippen LogP contribution in [0.1, 0.15) is 59.8 Å². The summed E-state index contributed by atoms with van der Waals surface area (Å²) in [5.41, 5.74) is 7.24. The molecule has 0 spiro atoms. The van der Waals surface area contributed by atoms with Crippen molar-refractivity contribution in [1.82, 2.24) is 0 Å². The number of esters is 1. The molecule has 1 aromatic heterocycles. The topological polar surface area (TPSA) is 80.5 Å². The summed E-state index contributed by atoms with van der Waals surface area (Å²) in [6.07, 6.45) is 6.69. The van der Waals surface area contributed by atoms with Crippen LogP contribution >= 0.6 is 11.3 Å². The lowest BCUT2D eigenvalue weighted by Gasteiger charge is -2.39. The maximum absolute atomic E-state index is 12.2. The number of carbonyl (C=O) groups excluding carboxylic acids is 1. The quantitative estimate of drug-likeness (QED) is 0.815. The summed E-state index contributed by atoms with van der Waals surface area (Å²) < 4.78 is 5.15. The molecular formula is C18H26N3O2S+. The van der Waals surface area contributed by atoms with E-state index >= 15 is 0 Å². The number of ether oxygens (including phenoxy) is 1. The van der Waals surface area contributed by atoms with Crippen molar-refractivity contribution < 1.29 is 14.4 Å². The third kappa shape index (κ3) is 3.42. The average molecular weight is 348 g/mol. The maximum atomic E-state index is 12.2. The normalized spacial score (nSPS) is 26.4. The highest BCUT2D eigenvalue weighted by Crippen LogP contribution is 2.34. The monoisotopic (exact) mass is 348 g/mol. The lowest BCUT2D eigenvalue weighted by molar-refractivity contribution is -0.924. The van der Waals surface area contributed by atoms with Crippen LogP contribution < -0.4 is 10.6 Å². The van der Waals surface area contributed by atoms with Crippen LogP contribution in [0.3, 0.4) is 0 Å². The second-order valence-electron chi connectivity index (χ2n) is 6.96. The van der Waals surface area contributed by atoms with E-state index < -0.39 is 0 Å².